The molecular weight excluding hydrogens is 223 g/mol. The maximum atomic E-state index is 13.4. The van der Waals surface area contributed by atoms with E-state index in [-0.39, 0.29) is 17.9 Å². The fraction of sp³-hybridized carbons (Fsp3) is 0.417. The molecule has 0 aliphatic rings. The summed E-state index contributed by atoms with van der Waals surface area (Å²) in [4.78, 5) is 0. The van der Waals surface area contributed by atoms with E-state index in [2.05, 4.69) is 10.6 Å². The van der Waals surface area contributed by atoms with E-state index in [4.69, 9.17) is 12.2 Å². The van der Waals surface area contributed by atoms with Crippen LogP contribution in [0, 0.1) is 5.82 Å². The molecule has 0 amide bonds. The zero-order chi connectivity index (χ0) is 12.1. The fourth-order valence-corrected chi connectivity index (χ4v) is 1.82. The molecule has 0 saturated heterocycles. The van der Waals surface area contributed by atoms with Crippen LogP contribution >= 0.6 is 12.2 Å². The molecule has 0 spiro atoms. The first kappa shape index (κ1) is 12.9. The molecular formula is C12H17FN2S. The molecule has 0 fully saturated rings. The second-order valence-electron chi connectivity index (χ2n) is 4.02. The monoisotopic (exact) mass is 240 g/mol. The molecule has 4 heteroatoms. The Morgan fingerprint density at radius 3 is 2.38 bits per heavy atom. The Kier molecular flexibility index (Phi) is 4.68. The molecule has 2 nitrogen and oxygen atoms in total. The van der Waals surface area contributed by atoms with Crippen molar-refractivity contribution in [1.29, 1.82) is 0 Å². The second kappa shape index (κ2) is 5.80. The van der Waals surface area contributed by atoms with Gasteiger partial charge in [0.2, 0.25) is 0 Å². The van der Waals surface area contributed by atoms with Crippen molar-refractivity contribution >= 4 is 17.3 Å². The lowest BCUT2D eigenvalue weighted by molar-refractivity contribution is 0.574. The van der Waals surface area contributed by atoms with Crippen molar-refractivity contribution in [2.24, 2.45) is 0 Å². The van der Waals surface area contributed by atoms with Crippen molar-refractivity contribution < 1.29 is 4.39 Å². The first-order valence-electron chi connectivity index (χ1n) is 5.32. The average molecular weight is 240 g/mol. The number of hydrogen-bond donors (Lipinski definition) is 2. The van der Waals surface area contributed by atoms with Crippen LogP contribution in [-0.2, 0) is 0 Å². The van der Waals surface area contributed by atoms with E-state index in [1.807, 2.05) is 26.8 Å². The third kappa shape index (κ3) is 3.77. The summed E-state index contributed by atoms with van der Waals surface area (Å²) in [5.41, 5.74) is 0.621. The molecule has 0 radical (unpaired) electrons. The predicted molar refractivity (Wildman–Crippen MR) is 68.8 cm³/mol. The summed E-state index contributed by atoms with van der Waals surface area (Å²) in [5.74, 6) is -0.213. The molecule has 0 aliphatic carbocycles. The van der Waals surface area contributed by atoms with Gasteiger partial charge >= 0.3 is 0 Å². The largest absolute Gasteiger partial charge is 0.361 e. The Balaban J connectivity index is 2.62. The molecule has 88 valence electrons. The Hall–Kier alpha value is -1.16. The van der Waals surface area contributed by atoms with Crippen LogP contribution in [0.4, 0.5) is 4.39 Å². The van der Waals surface area contributed by atoms with Gasteiger partial charge < -0.3 is 10.6 Å². The van der Waals surface area contributed by atoms with Crippen molar-refractivity contribution in [3.63, 3.8) is 0 Å². The number of hydrogen-bond acceptors (Lipinski definition) is 1. The van der Waals surface area contributed by atoms with Gasteiger partial charge in [0.25, 0.3) is 0 Å². The highest BCUT2D eigenvalue weighted by molar-refractivity contribution is 7.80. The summed E-state index contributed by atoms with van der Waals surface area (Å²) in [5, 5.41) is 6.66. The van der Waals surface area contributed by atoms with Gasteiger partial charge in [-0.25, -0.2) is 4.39 Å². The average Bonchev–Trinajstić information content (AvgIpc) is 2.16. The van der Waals surface area contributed by atoms with E-state index >= 15 is 0 Å². The van der Waals surface area contributed by atoms with Gasteiger partial charge in [0.15, 0.2) is 5.11 Å². The Morgan fingerprint density at radius 2 is 1.81 bits per heavy atom. The molecule has 0 aromatic heterocycles. The van der Waals surface area contributed by atoms with Crippen LogP contribution in [0.15, 0.2) is 24.3 Å². The van der Waals surface area contributed by atoms with Crippen molar-refractivity contribution in [2.45, 2.75) is 32.9 Å². The molecule has 1 aromatic rings. The van der Waals surface area contributed by atoms with E-state index < -0.39 is 0 Å². The van der Waals surface area contributed by atoms with Crippen LogP contribution in [0.3, 0.4) is 0 Å². The molecule has 0 saturated carbocycles. The van der Waals surface area contributed by atoms with E-state index in [9.17, 15) is 4.39 Å². The Bertz CT molecular complexity index is 366. The van der Waals surface area contributed by atoms with Gasteiger partial charge in [0.05, 0.1) is 6.04 Å². The number of benzene rings is 1. The highest BCUT2D eigenvalue weighted by Gasteiger charge is 2.11. The van der Waals surface area contributed by atoms with E-state index in [1.54, 1.807) is 12.1 Å². The molecule has 1 rings (SSSR count). The van der Waals surface area contributed by atoms with Gasteiger partial charge in [0.1, 0.15) is 5.82 Å². The van der Waals surface area contributed by atoms with E-state index in [0.717, 1.165) is 0 Å². The smallest absolute Gasteiger partial charge is 0.166 e. The number of thiocarbonyl (C=S) groups is 1. The SMILES string of the molecule is CC(C)NC(=S)NC(C)c1ccccc1F. The molecule has 0 heterocycles. The van der Waals surface area contributed by atoms with Crippen molar-refractivity contribution in [1.82, 2.24) is 10.6 Å². The Labute approximate surface area is 101 Å². The minimum absolute atomic E-state index is 0.139. The molecule has 2 N–H and O–H groups in total. The zero-order valence-electron chi connectivity index (χ0n) is 9.75. The summed E-state index contributed by atoms with van der Waals surface area (Å²) in [7, 11) is 0. The lowest BCUT2D eigenvalue weighted by atomic mass is 10.1. The first-order valence-corrected chi connectivity index (χ1v) is 5.73. The Morgan fingerprint density at radius 1 is 1.19 bits per heavy atom. The normalized spacial score (nSPS) is 12.3. The first-order chi connectivity index (χ1) is 7.50. The fourth-order valence-electron chi connectivity index (χ4n) is 1.40. The zero-order valence-corrected chi connectivity index (χ0v) is 10.6. The van der Waals surface area contributed by atoms with Crippen LogP contribution < -0.4 is 10.6 Å². The third-order valence-electron chi connectivity index (χ3n) is 2.14. The van der Waals surface area contributed by atoms with Crippen molar-refractivity contribution in [2.75, 3.05) is 0 Å². The topological polar surface area (TPSA) is 24.1 Å². The van der Waals surface area contributed by atoms with Gasteiger partial charge in [-0.2, -0.15) is 0 Å². The van der Waals surface area contributed by atoms with Crippen molar-refractivity contribution in [3.05, 3.63) is 35.6 Å². The van der Waals surface area contributed by atoms with Gasteiger partial charge in [-0.15, -0.1) is 0 Å². The van der Waals surface area contributed by atoms with Crippen molar-refractivity contribution in [3.8, 4) is 0 Å². The second-order valence-corrected chi connectivity index (χ2v) is 4.42. The van der Waals surface area contributed by atoms with Crippen LogP contribution in [0.25, 0.3) is 0 Å². The van der Waals surface area contributed by atoms with Gasteiger partial charge in [-0.1, -0.05) is 18.2 Å². The molecule has 1 unspecified atom stereocenters. The minimum atomic E-state index is -0.213. The van der Waals surface area contributed by atoms with Gasteiger partial charge in [-0.05, 0) is 39.1 Å². The lowest BCUT2D eigenvalue weighted by Gasteiger charge is -2.19. The van der Waals surface area contributed by atoms with Gasteiger partial charge in [-0.3, -0.25) is 0 Å². The molecule has 0 bridgehead atoms. The predicted octanol–water partition coefficient (Wildman–Crippen LogP) is 2.76. The van der Waals surface area contributed by atoms with Crippen LogP contribution in [-0.4, -0.2) is 11.2 Å². The maximum absolute atomic E-state index is 13.4. The van der Waals surface area contributed by atoms with Crippen LogP contribution in [0.1, 0.15) is 32.4 Å². The van der Waals surface area contributed by atoms with E-state index in [0.29, 0.717) is 10.7 Å². The number of rotatable bonds is 3. The van der Waals surface area contributed by atoms with Gasteiger partial charge in [0, 0.05) is 11.6 Å². The number of nitrogens with one attached hydrogen (secondary N) is 2. The highest BCUT2D eigenvalue weighted by atomic mass is 32.1. The molecule has 1 aromatic carbocycles. The summed E-state index contributed by atoms with van der Waals surface area (Å²) in [6.45, 7) is 5.89. The summed E-state index contributed by atoms with van der Waals surface area (Å²) in [6, 6.07) is 6.83. The highest BCUT2D eigenvalue weighted by Crippen LogP contribution is 2.15. The lowest BCUT2D eigenvalue weighted by Crippen LogP contribution is -2.40. The minimum Gasteiger partial charge on any atom is -0.361 e. The molecule has 1 atom stereocenters. The van der Waals surface area contributed by atoms with Crippen LogP contribution in [0.2, 0.25) is 0 Å². The standard InChI is InChI=1S/C12H17FN2S/c1-8(2)14-12(16)15-9(3)10-6-4-5-7-11(10)13/h4-9H,1-3H3,(H2,14,15,16). The van der Waals surface area contributed by atoms with E-state index in [1.165, 1.54) is 6.07 Å². The summed E-state index contributed by atoms with van der Waals surface area (Å²) >= 11 is 5.11. The summed E-state index contributed by atoms with van der Waals surface area (Å²) in [6.07, 6.45) is 0. The maximum Gasteiger partial charge on any atom is 0.166 e. The molecule has 0 aliphatic heterocycles. The quantitative estimate of drug-likeness (QED) is 0.794. The summed E-state index contributed by atoms with van der Waals surface area (Å²) < 4.78 is 13.4. The molecule has 16 heavy (non-hydrogen) atoms. The third-order valence-corrected chi connectivity index (χ3v) is 2.37. The van der Waals surface area contributed by atoms with Crippen LogP contribution in [0.5, 0.6) is 0 Å². The number of halogens is 1.